The van der Waals surface area contributed by atoms with Crippen molar-refractivity contribution in [2.45, 2.75) is 26.2 Å². The number of nitrogens with two attached hydrogens (primary N) is 1. The van der Waals surface area contributed by atoms with E-state index in [0.717, 1.165) is 5.56 Å². The third-order valence-electron chi connectivity index (χ3n) is 5.23. The summed E-state index contributed by atoms with van der Waals surface area (Å²) in [5.74, 6) is -0.593. The molecule has 0 aliphatic rings. The van der Waals surface area contributed by atoms with Crippen LogP contribution in [0.15, 0.2) is 60.7 Å². The molecule has 8 heteroatoms. The molecule has 0 bridgehead atoms. The Labute approximate surface area is 185 Å². The first-order valence-corrected chi connectivity index (χ1v) is 10.1. The number of nitrogens with zero attached hydrogens (tertiary/aromatic N) is 2. The van der Waals surface area contributed by atoms with Gasteiger partial charge in [0, 0.05) is 16.7 Å². The average Bonchev–Trinajstić information content (AvgIpc) is 3.25. The molecule has 4 rings (SSSR count). The first-order chi connectivity index (χ1) is 15.2. The lowest BCUT2D eigenvalue weighted by atomic mass is 9.87. The van der Waals surface area contributed by atoms with Gasteiger partial charge in [-0.15, -0.1) is 0 Å². The smallest absolute Gasteiger partial charge is 0.269 e. The molecule has 0 aliphatic heterocycles. The standard InChI is InChI=1S/C24H24N6O2/c1-24(2,3)16-10-7-14(8-11-16)23(32)29-28-21-17(5-4-6-18(21)25)22(31)15-9-12-19-20(13-15)27-30-26-19/h4-13,28H,25H2,1-3H3,(H,29,32)(H,26,27,30). The number of aromatic amines is 1. The molecular formula is C24H24N6O2. The Morgan fingerprint density at radius 1 is 0.906 bits per heavy atom. The molecule has 0 spiro atoms. The molecule has 0 atom stereocenters. The van der Waals surface area contributed by atoms with Crippen LogP contribution in [0.25, 0.3) is 11.0 Å². The number of amides is 1. The van der Waals surface area contributed by atoms with E-state index in [9.17, 15) is 9.59 Å². The molecule has 0 radical (unpaired) electrons. The number of benzene rings is 3. The van der Waals surface area contributed by atoms with Gasteiger partial charge in [0.25, 0.3) is 5.91 Å². The number of anilines is 2. The summed E-state index contributed by atoms with van der Waals surface area (Å²) in [5.41, 5.74) is 15.9. The number of ketones is 1. The second-order valence-electron chi connectivity index (χ2n) is 8.53. The Balaban J connectivity index is 1.55. The molecule has 3 aromatic carbocycles. The second kappa shape index (κ2) is 8.14. The third-order valence-corrected chi connectivity index (χ3v) is 5.23. The number of carbonyl (C=O) groups excluding carboxylic acids is 2. The fourth-order valence-corrected chi connectivity index (χ4v) is 3.35. The summed E-state index contributed by atoms with van der Waals surface area (Å²) in [6.45, 7) is 6.34. The molecule has 0 fully saturated rings. The van der Waals surface area contributed by atoms with Crippen molar-refractivity contribution in [3.8, 4) is 0 Å². The van der Waals surface area contributed by atoms with Crippen LogP contribution in [0.5, 0.6) is 0 Å². The molecule has 0 aliphatic carbocycles. The van der Waals surface area contributed by atoms with Crippen molar-refractivity contribution in [1.29, 1.82) is 0 Å². The molecule has 1 aromatic heterocycles. The second-order valence-corrected chi connectivity index (χ2v) is 8.53. The lowest BCUT2D eigenvalue weighted by Gasteiger charge is -2.19. The van der Waals surface area contributed by atoms with Crippen LogP contribution in [0.2, 0.25) is 0 Å². The topological polar surface area (TPSA) is 126 Å². The molecule has 162 valence electrons. The Bertz CT molecular complexity index is 1300. The van der Waals surface area contributed by atoms with Gasteiger partial charge in [-0.05, 0) is 53.4 Å². The van der Waals surface area contributed by atoms with Gasteiger partial charge >= 0.3 is 0 Å². The van der Waals surface area contributed by atoms with Crippen LogP contribution in [0, 0.1) is 0 Å². The van der Waals surface area contributed by atoms with Crippen molar-refractivity contribution in [3.63, 3.8) is 0 Å². The predicted octanol–water partition coefficient (Wildman–Crippen LogP) is 3.83. The largest absolute Gasteiger partial charge is 0.397 e. The van der Waals surface area contributed by atoms with Crippen LogP contribution in [0.1, 0.15) is 52.6 Å². The van der Waals surface area contributed by atoms with Gasteiger partial charge in [-0.25, -0.2) is 0 Å². The Hall–Kier alpha value is -4.20. The zero-order valence-corrected chi connectivity index (χ0v) is 18.1. The summed E-state index contributed by atoms with van der Waals surface area (Å²) in [7, 11) is 0. The highest BCUT2D eigenvalue weighted by Gasteiger charge is 2.18. The average molecular weight is 428 g/mol. The summed E-state index contributed by atoms with van der Waals surface area (Å²) in [5, 5.41) is 10.5. The van der Waals surface area contributed by atoms with Crippen LogP contribution >= 0.6 is 0 Å². The van der Waals surface area contributed by atoms with Crippen molar-refractivity contribution in [2.75, 3.05) is 11.2 Å². The van der Waals surface area contributed by atoms with Crippen molar-refractivity contribution in [1.82, 2.24) is 20.8 Å². The van der Waals surface area contributed by atoms with E-state index in [1.165, 1.54) is 0 Å². The fraction of sp³-hybridized carbons (Fsp3) is 0.167. The summed E-state index contributed by atoms with van der Waals surface area (Å²) in [4.78, 5) is 25.8. The molecule has 0 saturated carbocycles. The minimum atomic E-state index is -0.337. The first kappa shape index (κ1) is 21.0. The van der Waals surface area contributed by atoms with Crippen LogP contribution < -0.4 is 16.6 Å². The van der Waals surface area contributed by atoms with E-state index in [1.54, 1.807) is 48.5 Å². The number of nitrogens with one attached hydrogen (secondary N) is 3. The molecule has 8 nitrogen and oxygen atoms in total. The molecule has 32 heavy (non-hydrogen) atoms. The minimum absolute atomic E-state index is 0.00397. The van der Waals surface area contributed by atoms with Gasteiger partial charge in [0.05, 0.1) is 11.4 Å². The van der Waals surface area contributed by atoms with Crippen molar-refractivity contribution >= 4 is 34.1 Å². The van der Waals surface area contributed by atoms with Crippen molar-refractivity contribution in [2.24, 2.45) is 0 Å². The van der Waals surface area contributed by atoms with Crippen LogP contribution in [0.4, 0.5) is 11.4 Å². The van der Waals surface area contributed by atoms with E-state index in [-0.39, 0.29) is 17.1 Å². The number of carbonyl (C=O) groups is 2. The van der Waals surface area contributed by atoms with E-state index >= 15 is 0 Å². The van der Waals surface area contributed by atoms with Gasteiger partial charge in [-0.1, -0.05) is 39.0 Å². The number of rotatable bonds is 5. The zero-order valence-electron chi connectivity index (χ0n) is 18.1. The SMILES string of the molecule is CC(C)(C)c1ccc(C(=O)NNc2c(N)cccc2C(=O)c2ccc3n[nH]nc3c2)cc1. The normalized spacial score (nSPS) is 11.3. The lowest BCUT2D eigenvalue weighted by Crippen LogP contribution is -2.30. The number of hydrogen-bond acceptors (Lipinski definition) is 6. The van der Waals surface area contributed by atoms with Gasteiger partial charge in [-0.2, -0.15) is 15.4 Å². The summed E-state index contributed by atoms with van der Waals surface area (Å²) in [6, 6.07) is 17.4. The van der Waals surface area contributed by atoms with Crippen LogP contribution in [-0.4, -0.2) is 27.1 Å². The van der Waals surface area contributed by atoms with E-state index < -0.39 is 0 Å². The van der Waals surface area contributed by atoms with E-state index in [0.29, 0.717) is 39.1 Å². The number of para-hydroxylation sites is 1. The van der Waals surface area contributed by atoms with Gasteiger partial charge in [0.1, 0.15) is 11.0 Å². The Morgan fingerprint density at radius 2 is 1.59 bits per heavy atom. The van der Waals surface area contributed by atoms with E-state index in [2.05, 4.69) is 47.0 Å². The quantitative estimate of drug-likeness (QED) is 0.217. The maximum absolute atomic E-state index is 13.2. The summed E-state index contributed by atoms with van der Waals surface area (Å²) in [6.07, 6.45) is 0. The molecule has 1 amide bonds. The highest BCUT2D eigenvalue weighted by Crippen LogP contribution is 2.26. The molecular weight excluding hydrogens is 404 g/mol. The Morgan fingerprint density at radius 3 is 2.31 bits per heavy atom. The number of fused-ring (bicyclic) bond motifs is 1. The van der Waals surface area contributed by atoms with Crippen molar-refractivity contribution in [3.05, 3.63) is 82.9 Å². The molecule has 5 N–H and O–H groups in total. The minimum Gasteiger partial charge on any atom is -0.397 e. The van der Waals surface area contributed by atoms with Crippen molar-refractivity contribution < 1.29 is 9.59 Å². The number of aromatic nitrogens is 3. The molecule has 0 unspecified atom stereocenters. The Kier molecular flexibility index (Phi) is 5.36. The summed E-state index contributed by atoms with van der Waals surface area (Å²) >= 11 is 0. The van der Waals surface area contributed by atoms with Gasteiger partial charge in [0.15, 0.2) is 5.78 Å². The van der Waals surface area contributed by atoms with E-state index in [1.807, 2.05) is 12.1 Å². The van der Waals surface area contributed by atoms with Gasteiger partial charge in [0.2, 0.25) is 0 Å². The maximum Gasteiger partial charge on any atom is 0.269 e. The molecule has 1 heterocycles. The van der Waals surface area contributed by atoms with E-state index in [4.69, 9.17) is 5.73 Å². The highest BCUT2D eigenvalue weighted by atomic mass is 16.2. The monoisotopic (exact) mass is 428 g/mol. The third kappa shape index (κ3) is 4.15. The zero-order chi connectivity index (χ0) is 22.9. The molecule has 0 saturated heterocycles. The van der Waals surface area contributed by atoms with Gasteiger partial charge in [-0.3, -0.25) is 20.4 Å². The first-order valence-electron chi connectivity index (χ1n) is 10.1. The number of hydrogen-bond donors (Lipinski definition) is 4. The fourth-order valence-electron chi connectivity index (χ4n) is 3.35. The van der Waals surface area contributed by atoms with Crippen LogP contribution in [-0.2, 0) is 5.41 Å². The molecule has 4 aromatic rings. The number of H-pyrrole nitrogens is 1. The van der Waals surface area contributed by atoms with Crippen LogP contribution in [0.3, 0.4) is 0 Å². The maximum atomic E-state index is 13.2. The predicted molar refractivity (Wildman–Crippen MR) is 124 cm³/mol. The lowest BCUT2D eigenvalue weighted by molar-refractivity contribution is 0.0960. The number of hydrazine groups is 1. The highest BCUT2D eigenvalue weighted by molar-refractivity contribution is 6.14. The number of nitrogen functional groups attached to an aromatic ring is 1. The van der Waals surface area contributed by atoms with Gasteiger partial charge < -0.3 is 5.73 Å². The summed E-state index contributed by atoms with van der Waals surface area (Å²) < 4.78 is 0.